The van der Waals surface area contributed by atoms with Crippen molar-refractivity contribution in [2.75, 3.05) is 31.1 Å². The zero-order valence-electron chi connectivity index (χ0n) is 16.5. The molecule has 1 saturated heterocycles. The summed E-state index contributed by atoms with van der Waals surface area (Å²) in [6, 6.07) is 6.07. The molecule has 3 heterocycles. The van der Waals surface area contributed by atoms with E-state index in [1.54, 1.807) is 6.92 Å². The van der Waals surface area contributed by atoms with Gasteiger partial charge >= 0.3 is 0 Å². The summed E-state index contributed by atoms with van der Waals surface area (Å²) in [5, 5.41) is 16.4. The monoisotopic (exact) mass is 405 g/mol. The highest BCUT2D eigenvalue weighted by Crippen LogP contribution is 2.20. The Morgan fingerprint density at radius 2 is 2.10 bits per heavy atom. The number of anilines is 1. The number of hydrogen-bond acceptors (Lipinski definition) is 6. The topological polar surface area (TPSA) is 91.8 Å². The van der Waals surface area contributed by atoms with Gasteiger partial charge in [-0.1, -0.05) is 12.0 Å². The van der Waals surface area contributed by atoms with E-state index in [9.17, 15) is 9.18 Å². The number of imidazole rings is 1. The van der Waals surface area contributed by atoms with Crippen LogP contribution in [0.25, 0.3) is 11.0 Å². The molecule has 1 aliphatic heterocycles. The zero-order chi connectivity index (χ0) is 21.1. The second-order valence-corrected chi connectivity index (χ2v) is 6.92. The standard InChI is InChI=1S/C21H20FN7O/c1-2-3-8-28-19-18(26-21(28)27-9-6-24-7-10-27)13-25-29(20(19)30)14-16-5-4-15(12-23)11-17(16)22/h4-5,11,13,24H,6-10,14H2,1H3. The minimum atomic E-state index is -0.547. The van der Waals surface area contributed by atoms with Crippen LogP contribution < -0.4 is 15.8 Å². The maximum absolute atomic E-state index is 14.3. The minimum absolute atomic E-state index is 0.0417. The Kier molecular flexibility index (Phi) is 5.46. The highest BCUT2D eigenvalue weighted by atomic mass is 19.1. The molecule has 0 aliphatic carbocycles. The molecule has 0 amide bonds. The Morgan fingerprint density at radius 1 is 1.30 bits per heavy atom. The maximum Gasteiger partial charge on any atom is 0.293 e. The largest absolute Gasteiger partial charge is 0.340 e. The fourth-order valence-electron chi connectivity index (χ4n) is 3.51. The van der Waals surface area contributed by atoms with Crippen molar-refractivity contribution in [1.82, 2.24) is 24.6 Å². The number of nitrogens with zero attached hydrogens (tertiary/aromatic N) is 6. The number of fused-ring (bicyclic) bond motifs is 1. The van der Waals surface area contributed by atoms with Crippen LogP contribution in [-0.2, 0) is 13.1 Å². The Balaban J connectivity index is 1.79. The van der Waals surface area contributed by atoms with E-state index in [-0.39, 0.29) is 23.2 Å². The highest BCUT2D eigenvalue weighted by molar-refractivity contribution is 5.77. The lowest BCUT2D eigenvalue weighted by atomic mass is 10.1. The SMILES string of the molecule is CC#CCn1c(N2CCNCC2)nc2cnn(Cc3ccc(C#N)cc3F)c(=O)c21. The average molecular weight is 405 g/mol. The van der Waals surface area contributed by atoms with Crippen molar-refractivity contribution in [3.63, 3.8) is 0 Å². The summed E-state index contributed by atoms with van der Waals surface area (Å²) in [5.74, 6) is 6.02. The van der Waals surface area contributed by atoms with Gasteiger partial charge in [-0.05, 0) is 19.1 Å². The molecule has 0 atom stereocenters. The van der Waals surface area contributed by atoms with E-state index < -0.39 is 5.82 Å². The molecule has 2 aromatic heterocycles. The first-order chi connectivity index (χ1) is 14.6. The van der Waals surface area contributed by atoms with Crippen molar-refractivity contribution in [3.8, 4) is 17.9 Å². The molecule has 0 saturated carbocycles. The van der Waals surface area contributed by atoms with Crippen LogP contribution in [-0.4, -0.2) is 45.5 Å². The van der Waals surface area contributed by atoms with Crippen LogP contribution in [0.1, 0.15) is 18.1 Å². The lowest BCUT2D eigenvalue weighted by molar-refractivity contribution is 0.569. The van der Waals surface area contributed by atoms with Crippen LogP contribution in [0.3, 0.4) is 0 Å². The van der Waals surface area contributed by atoms with Gasteiger partial charge in [0.05, 0.1) is 30.9 Å². The Morgan fingerprint density at radius 3 is 2.80 bits per heavy atom. The molecule has 30 heavy (non-hydrogen) atoms. The lowest BCUT2D eigenvalue weighted by Gasteiger charge is -2.28. The predicted octanol–water partition coefficient (Wildman–Crippen LogP) is 1.08. The van der Waals surface area contributed by atoms with Gasteiger partial charge in [-0.3, -0.25) is 9.36 Å². The smallest absolute Gasteiger partial charge is 0.293 e. The van der Waals surface area contributed by atoms with Crippen molar-refractivity contribution in [3.05, 3.63) is 51.7 Å². The van der Waals surface area contributed by atoms with Crippen LogP contribution in [0.4, 0.5) is 10.3 Å². The number of nitrogens with one attached hydrogen (secondary N) is 1. The summed E-state index contributed by atoms with van der Waals surface area (Å²) in [5.41, 5.74) is 1.04. The fraction of sp³-hybridized carbons (Fsp3) is 0.333. The van der Waals surface area contributed by atoms with Crippen LogP contribution in [0.2, 0.25) is 0 Å². The van der Waals surface area contributed by atoms with Crippen molar-refractivity contribution >= 4 is 17.0 Å². The van der Waals surface area contributed by atoms with Gasteiger partial charge < -0.3 is 10.2 Å². The van der Waals surface area contributed by atoms with E-state index in [0.717, 1.165) is 32.2 Å². The van der Waals surface area contributed by atoms with Gasteiger partial charge in [0.1, 0.15) is 16.9 Å². The van der Waals surface area contributed by atoms with Gasteiger partial charge in [0.25, 0.3) is 5.56 Å². The molecule has 1 fully saturated rings. The third-order valence-corrected chi connectivity index (χ3v) is 5.05. The molecule has 8 nitrogen and oxygen atoms in total. The van der Waals surface area contributed by atoms with Crippen molar-refractivity contribution in [2.24, 2.45) is 0 Å². The number of hydrogen-bond donors (Lipinski definition) is 1. The molecule has 152 valence electrons. The van der Waals surface area contributed by atoms with Gasteiger partial charge in [-0.2, -0.15) is 10.4 Å². The molecule has 1 aliphatic rings. The molecule has 9 heteroatoms. The van der Waals surface area contributed by atoms with Gasteiger partial charge in [0.15, 0.2) is 0 Å². The van der Waals surface area contributed by atoms with Crippen molar-refractivity contribution in [2.45, 2.75) is 20.0 Å². The summed E-state index contributed by atoms with van der Waals surface area (Å²) in [4.78, 5) is 20.0. The van der Waals surface area contributed by atoms with Gasteiger partial charge in [0, 0.05) is 31.7 Å². The molecule has 0 radical (unpaired) electrons. The first kappa shape index (κ1) is 19.6. The second-order valence-electron chi connectivity index (χ2n) is 6.92. The number of piperazine rings is 1. The number of benzene rings is 1. The normalized spacial score (nSPS) is 13.7. The molecular formula is C21H20FN7O. The lowest BCUT2D eigenvalue weighted by Crippen LogP contribution is -2.44. The fourth-order valence-corrected chi connectivity index (χ4v) is 3.51. The van der Waals surface area contributed by atoms with E-state index >= 15 is 0 Å². The number of aromatic nitrogens is 4. The first-order valence-corrected chi connectivity index (χ1v) is 9.62. The molecule has 3 aromatic rings. The van der Waals surface area contributed by atoms with Crippen molar-refractivity contribution < 1.29 is 4.39 Å². The molecular weight excluding hydrogens is 385 g/mol. The second kappa shape index (κ2) is 8.36. The molecule has 1 N–H and O–H groups in total. The number of halogens is 1. The third kappa shape index (κ3) is 3.63. The van der Waals surface area contributed by atoms with Crippen LogP contribution in [0.5, 0.6) is 0 Å². The number of rotatable bonds is 4. The summed E-state index contributed by atoms with van der Waals surface area (Å²) in [6.45, 7) is 5.27. The molecule has 4 rings (SSSR count). The Labute approximate surface area is 172 Å². The molecule has 0 spiro atoms. The summed E-state index contributed by atoms with van der Waals surface area (Å²) < 4.78 is 17.3. The van der Waals surface area contributed by atoms with Gasteiger partial charge in [-0.25, -0.2) is 14.1 Å². The zero-order valence-corrected chi connectivity index (χ0v) is 16.5. The van der Waals surface area contributed by atoms with Crippen LogP contribution >= 0.6 is 0 Å². The maximum atomic E-state index is 14.3. The summed E-state index contributed by atoms with van der Waals surface area (Å²) >= 11 is 0. The molecule has 0 unspecified atom stereocenters. The van der Waals surface area contributed by atoms with E-state index in [1.165, 1.54) is 23.0 Å². The molecule has 0 bridgehead atoms. The third-order valence-electron chi connectivity index (χ3n) is 5.05. The summed E-state index contributed by atoms with van der Waals surface area (Å²) in [7, 11) is 0. The van der Waals surface area contributed by atoms with E-state index in [1.807, 2.05) is 10.6 Å². The average Bonchev–Trinajstić information content (AvgIpc) is 3.15. The van der Waals surface area contributed by atoms with Gasteiger partial charge in [-0.15, -0.1) is 5.92 Å². The number of nitriles is 1. The van der Waals surface area contributed by atoms with E-state index in [4.69, 9.17) is 5.26 Å². The first-order valence-electron chi connectivity index (χ1n) is 9.62. The molecule has 1 aromatic carbocycles. The van der Waals surface area contributed by atoms with Crippen LogP contribution in [0.15, 0.2) is 29.2 Å². The Hall–Kier alpha value is -3.69. The van der Waals surface area contributed by atoms with Gasteiger partial charge in [0.2, 0.25) is 5.95 Å². The Bertz CT molecular complexity index is 1250. The van der Waals surface area contributed by atoms with E-state index in [0.29, 0.717) is 23.5 Å². The predicted molar refractivity (Wildman–Crippen MR) is 111 cm³/mol. The summed E-state index contributed by atoms with van der Waals surface area (Å²) in [6.07, 6.45) is 1.53. The van der Waals surface area contributed by atoms with Crippen LogP contribution in [0, 0.1) is 29.0 Å². The quantitative estimate of drug-likeness (QED) is 0.654. The minimum Gasteiger partial charge on any atom is -0.340 e. The van der Waals surface area contributed by atoms with Crippen molar-refractivity contribution in [1.29, 1.82) is 5.26 Å². The highest BCUT2D eigenvalue weighted by Gasteiger charge is 2.21. The van der Waals surface area contributed by atoms with E-state index in [2.05, 4.69) is 32.1 Å².